The molecule has 0 aliphatic rings. The minimum Gasteiger partial charge on any atom is -0.491 e. The maximum atomic E-state index is 5.87. The molecule has 0 spiro atoms. The molecule has 2 N–H and O–H groups in total. The molecule has 0 atom stereocenters. The molecule has 0 fully saturated rings. The summed E-state index contributed by atoms with van der Waals surface area (Å²) in [6, 6.07) is 5.17. The van der Waals surface area contributed by atoms with E-state index in [0.29, 0.717) is 56.1 Å². The standard InChI is InChI=1S/C13H20ClNO4/c1-16-4-5-17-6-7-18-8-9-19-11-2-3-13(15)12(14)10-11/h2-3,10H,4-9,15H2,1H3. The molecule has 1 aromatic rings. The van der Waals surface area contributed by atoms with E-state index in [0.717, 1.165) is 0 Å². The molecule has 0 heterocycles. The average molecular weight is 290 g/mol. The fraction of sp³-hybridized carbons (Fsp3) is 0.538. The monoisotopic (exact) mass is 289 g/mol. The van der Waals surface area contributed by atoms with Crippen molar-refractivity contribution in [2.75, 3.05) is 52.5 Å². The predicted molar refractivity (Wildman–Crippen MR) is 74.9 cm³/mol. The van der Waals surface area contributed by atoms with Crippen LogP contribution in [-0.4, -0.2) is 46.8 Å². The lowest BCUT2D eigenvalue weighted by atomic mass is 10.3. The van der Waals surface area contributed by atoms with E-state index in [9.17, 15) is 0 Å². The fourth-order valence-electron chi connectivity index (χ4n) is 1.28. The highest BCUT2D eigenvalue weighted by Gasteiger charge is 1.99. The Labute approximate surface area is 118 Å². The number of hydrogen-bond donors (Lipinski definition) is 1. The molecule has 0 bridgehead atoms. The molecule has 19 heavy (non-hydrogen) atoms. The molecule has 1 rings (SSSR count). The second kappa shape index (κ2) is 9.86. The van der Waals surface area contributed by atoms with Crippen molar-refractivity contribution in [3.8, 4) is 5.75 Å². The number of ether oxygens (including phenoxy) is 4. The smallest absolute Gasteiger partial charge is 0.121 e. The highest BCUT2D eigenvalue weighted by atomic mass is 35.5. The van der Waals surface area contributed by atoms with Crippen LogP contribution >= 0.6 is 11.6 Å². The van der Waals surface area contributed by atoms with Crippen molar-refractivity contribution in [3.63, 3.8) is 0 Å². The van der Waals surface area contributed by atoms with Gasteiger partial charge in [-0.25, -0.2) is 0 Å². The van der Waals surface area contributed by atoms with E-state index in [2.05, 4.69) is 0 Å². The molecule has 0 saturated carbocycles. The van der Waals surface area contributed by atoms with Crippen LogP contribution in [0.2, 0.25) is 5.02 Å². The van der Waals surface area contributed by atoms with Gasteiger partial charge in [-0.15, -0.1) is 0 Å². The summed E-state index contributed by atoms with van der Waals surface area (Å²) in [5.41, 5.74) is 6.14. The molecule has 0 aliphatic heterocycles. The van der Waals surface area contributed by atoms with E-state index in [1.165, 1.54) is 0 Å². The quantitative estimate of drug-likeness (QED) is 0.527. The van der Waals surface area contributed by atoms with Crippen molar-refractivity contribution in [3.05, 3.63) is 23.2 Å². The number of rotatable bonds is 10. The van der Waals surface area contributed by atoms with Crippen molar-refractivity contribution in [1.82, 2.24) is 0 Å². The van der Waals surface area contributed by atoms with Crippen LogP contribution in [0.25, 0.3) is 0 Å². The normalized spacial score (nSPS) is 10.6. The van der Waals surface area contributed by atoms with Crippen LogP contribution in [-0.2, 0) is 14.2 Å². The van der Waals surface area contributed by atoms with Crippen molar-refractivity contribution in [2.45, 2.75) is 0 Å². The Bertz CT molecular complexity index is 362. The van der Waals surface area contributed by atoms with Gasteiger partial charge in [-0.2, -0.15) is 0 Å². The third-order valence-corrected chi connectivity index (χ3v) is 2.60. The first kappa shape index (κ1) is 16.0. The first-order chi connectivity index (χ1) is 9.24. The zero-order chi connectivity index (χ0) is 13.9. The Hall–Kier alpha value is -1.01. The molecule has 0 aromatic heterocycles. The van der Waals surface area contributed by atoms with E-state index in [1.54, 1.807) is 25.3 Å². The Kier molecular flexibility index (Phi) is 8.33. The van der Waals surface area contributed by atoms with E-state index in [4.69, 9.17) is 36.3 Å². The van der Waals surface area contributed by atoms with Crippen LogP contribution in [0.15, 0.2) is 18.2 Å². The summed E-state index contributed by atoms with van der Waals surface area (Å²) in [5.74, 6) is 0.680. The van der Waals surface area contributed by atoms with E-state index in [1.807, 2.05) is 0 Å². The van der Waals surface area contributed by atoms with Gasteiger partial charge in [0.2, 0.25) is 0 Å². The Morgan fingerprint density at radius 2 is 1.63 bits per heavy atom. The molecule has 0 aliphatic carbocycles. The summed E-state index contributed by atoms with van der Waals surface area (Å²) < 4.78 is 20.9. The molecule has 5 nitrogen and oxygen atoms in total. The van der Waals surface area contributed by atoms with Gasteiger partial charge in [0, 0.05) is 13.2 Å². The van der Waals surface area contributed by atoms with E-state index in [-0.39, 0.29) is 0 Å². The van der Waals surface area contributed by atoms with Crippen LogP contribution in [0.1, 0.15) is 0 Å². The molecule has 0 saturated heterocycles. The van der Waals surface area contributed by atoms with Crippen molar-refractivity contribution in [2.24, 2.45) is 0 Å². The number of nitrogens with two attached hydrogens (primary N) is 1. The number of benzene rings is 1. The van der Waals surface area contributed by atoms with Crippen LogP contribution in [0.5, 0.6) is 5.75 Å². The maximum absolute atomic E-state index is 5.87. The summed E-state index contributed by atoms with van der Waals surface area (Å²) in [5, 5.41) is 0.491. The van der Waals surface area contributed by atoms with Crippen LogP contribution in [0, 0.1) is 0 Å². The van der Waals surface area contributed by atoms with Gasteiger partial charge in [-0.05, 0) is 12.1 Å². The molecule has 0 unspecified atom stereocenters. The first-order valence-corrected chi connectivity index (χ1v) is 6.44. The van der Waals surface area contributed by atoms with Gasteiger partial charge in [0.1, 0.15) is 12.4 Å². The lowest BCUT2D eigenvalue weighted by Gasteiger charge is -2.08. The van der Waals surface area contributed by atoms with Gasteiger partial charge in [0.05, 0.1) is 43.7 Å². The summed E-state index contributed by atoms with van der Waals surface area (Å²) in [7, 11) is 1.64. The molecule has 108 valence electrons. The summed E-state index contributed by atoms with van der Waals surface area (Å²) in [4.78, 5) is 0. The lowest BCUT2D eigenvalue weighted by molar-refractivity contribution is 0.0180. The van der Waals surface area contributed by atoms with Crippen LogP contribution in [0.3, 0.4) is 0 Å². The minimum absolute atomic E-state index is 0.457. The second-order valence-electron chi connectivity index (χ2n) is 3.75. The van der Waals surface area contributed by atoms with E-state index < -0.39 is 0 Å². The predicted octanol–water partition coefficient (Wildman–Crippen LogP) is 1.98. The Balaban J connectivity index is 2.00. The zero-order valence-electron chi connectivity index (χ0n) is 11.1. The Morgan fingerprint density at radius 1 is 1.00 bits per heavy atom. The number of halogens is 1. The third kappa shape index (κ3) is 7.22. The lowest BCUT2D eigenvalue weighted by Crippen LogP contribution is -2.12. The van der Waals surface area contributed by atoms with Crippen molar-refractivity contribution >= 4 is 17.3 Å². The molecule has 0 radical (unpaired) electrons. The summed E-state index contributed by atoms with van der Waals surface area (Å²) in [6.45, 7) is 3.22. The highest BCUT2D eigenvalue weighted by molar-refractivity contribution is 6.33. The Morgan fingerprint density at radius 3 is 2.26 bits per heavy atom. The van der Waals surface area contributed by atoms with Gasteiger partial charge in [-0.1, -0.05) is 11.6 Å². The third-order valence-electron chi connectivity index (χ3n) is 2.27. The second-order valence-corrected chi connectivity index (χ2v) is 4.16. The summed E-state index contributed by atoms with van der Waals surface area (Å²) in [6.07, 6.45) is 0. The number of hydrogen-bond acceptors (Lipinski definition) is 5. The molecule has 1 aromatic carbocycles. The minimum atomic E-state index is 0.457. The zero-order valence-corrected chi connectivity index (χ0v) is 11.8. The van der Waals surface area contributed by atoms with E-state index >= 15 is 0 Å². The van der Waals surface area contributed by atoms with Gasteiger partial charge >= 0.3 is 0 Å². The maximum Gasteiger partial charge on any atom is 0.121 e. The van der Waals surface area contributed by atoms with Crippen LogP contribution in [0.4, 0.5) is 5.69 Å². The van der Waals surface area contributed by atoms with Gasteiger partial charge in [0.25, 0.3) is 0 Å². The fourth-order valence-corrected chi connectivity index (χ4v) is 1.45. The molecular formula is C13H20ClNO4. The van der Waals surface area contributed by atoms with Gasteiger partial charge in [-0.3, -0.25) is 0 Å². The average Bonchev–Trinajstić information content (AvgIpc) is 2.41. The van der Waals surface area contributed by atoms with Crippen LogP contribution < -0.4 is 10.5 Å². The number of methoxy groups -OCH3 is 1. The highest BCUT2D eigenvalue weighted by Crippen LogP contribution is 2.23. The van der Waals surface area contributed by atoms with Gasteiger partial charge < -0.3 is 24.7 Å². The summed E-state index contributed by atoms with van der Waals surface area (Å²) >= 11 is 5.87. The SMILES string of the molecule is COCCOCCOCCOc1ccc(N)c(Cl)c1. The van der Waals surface area contributed by atoms with Crippen molar-refractivity contribution < 1.29 is 18.9 Å². The molecule has 0 amide bonds. The number of anilines is 1. The largest absolute Gasteiger partial charge is 0.491 e. The topological polar surface area (TPSA) is 62.9 Å². The molecular weight excluding hydrogens is 270 g/mol. The van der Waals surface area contributed by atoms with Crippen molar-refractivity contribution in [1.29, 1.82) is 0 Å². The number of nitrogen functional groups attached to an aromatic ring is 1. The molecule has 6 heteroatoms. The first-order valence-electron chi connectivity index (χ1n) is 6.06. The van der Waals surface area contributed by atoms with Gasteiger partial charge in [0.15, 0.2) is 0 Å².